The van der Waals surface area contributed by atoms with E-state index < -0.39 is 11.6 Å². The summed E-state index contributed by atoms with van der Waals surface area (Å²) in [7, 11) is 1.28. The zero-order chi connectivity index (χ0) is 18.5. The minimum absolute atomic E-state index is 0.140. The van der Waals surface area contributed by atoms with Gasteiger partial charge in [0.25, 0.3) is 0 Å². The van der Waals surface area contributed by atoms with Gasteiger partial charge in [-0.2, -0.15) is 0 Å². The molecule has 0 atom stereocenters. The molecule has 0 saturated heterocycles. The molecule has 24 heavy (non-hydrogen) atoms. The molecule has 5 N–H and O–H groups in total. The molecule has 0 aromatic carbocycles. The van der Waals surface area contributed by atoms with Gasteiger partial charge in [-0.25, -0.2) is 9.78 Å². The molecule has 130 valence electrons. The van der Waals surface area contributed by atoms with Crippen LogP contribution in [0.4, 0.5) is 11.4 Å². The number of pyridine rings is 2. The number of carbonyl (C=O) groups excluding carboxylic acids is 1. The van der Waals surface area contributed by atoms with E-state index in [4.69, 9.17) is 11.5 Å². The lowest BCUT2D eigenvalue weighted by Crippen LogP contribution is -2.19. The Morgan fingerprint density at radius 2 is 1.62 bits per heavy atom. The highest BCUT2D eigenvalue weighted by Gasteiger charge is 2.20. The van der Waals surface area contributed by atoms with Crippen molar-refractivity contribution in [1.29, 1.82) is 0 Å². The zero-order valence-corrected chi connectivity index (χ0v) is 16.6. The normalized spacial score (nSPS) is 10.6. The van der Waals surface area contributed by atoms with Crippen molar-refractivity contribution in [2.45, 2.75) is 19.4 Å². The molecule has 7 nitrogen and oxygen atoms in total. The fourth-order valence-corrected chi connectivity index (χ4v) is 2.39. The van der Waals surface area contributed by atoms with Gasteiger partial charge in [-0.3, -0.25) is 4.98 Å². The predicted molar refractivity (Wildman–Crippen MR) is 99.3 cm³/mol. The van der Waals surface area contributed by atoms with Crippen LogP contribution >= 0.6 is 31.9 Å². The number of carbonyl (C=O) groups is 1. The Bertz CT molecular complexity index is 733. The summed E-state index contributed by atoms with van der Waals surface area (Å²) in [6, 6.07) is 3.32. The number of nitrogens with zero attached hydrogens (tertiary/aromatic N) is 2. The van der Waals surface area contributed by atoms with Gasteiger partial charge in [-0.15, -0.1) is 0 Å². The number of nitrogens with two attached hydrogens (primary N) is 2. The van der Waals surface area contributed by atoms with Gasteiger partial charge in [0.1, 0.15) is 5.60 Å². The third-order valence-corrected chi connectivity index (χ3v) is 3.59. The van der Waals surface area contributed by atoms with Crippen LogP contribution in [0.1, 0.15) is 30.0 Å². The van der Waals surface area contributed by atoms with E-state index >= 15 is 0 Å². The van der Waals surface area contributed by atoms with Crippen LogP contribution < -0.4 is 11.5 Å². The Labute approximate surface area is 156 Å². The largest absolute Gasteiger partial charge is 0.464 e. The third-order valence-electron chi connectivity index (χ3n) is 2.73. The summed E-state index contributed by atoms with van der Waals surface area (Å²) >= 11 is 6.41. The average molecular weight is 462 g/mol. The van der Waals surface area contributed by atoms with Gasteiger partial charge < -0.3 is 21.3 Å². The van der Waals surface area contributed by atoms with Crippen molar-refractivity contribution in [2.24, 2.45) is 0 Å². The smallest absolute Gasteiger partial charge is 0.358 e. The molecule has 2 aromatic rings. The third kappa shape index (κ3) is 5.73. The molecule has 0 aliphatic rings. The van der Waals surface area contributed by atoms with Crippen molar-refractivity contribution in [3.8, 4) is 0 Å². The van der Waals surface area contributed by atoms with Crippen LogP contribution in [0.15, 0.2) is 33.5 Å². The van der Waals surface area contributed by atoms with Crippen LogP contribution in [0.25, 0.3) is 0 Å². The van der Waals surface area contributed by atoms with E-state index in [0.717, 1.165) is 8.95 Å². The average Bonchev–Trinajstić information content (AvgIpc) is 2.45. The van der Waals surface area contributed by atoms with Gasteiger partial charge >= 0.3 is 5.97 Å². The SMILES string of the molecule is CC(C)(O)c1ncc(Br)cc1N.COC(=O)c1ncc(Br)cc1N. The number of nitrogen functional groups attached to an aromatic ring is 2. The van der Waals surface area contributed by atoms with Gasteiger partial charge in [-0.05, 0) is 57.8 Å². The van der Waals surface area contributed by atoms with Gasteiger partial charge in [-0.1, -0.05) is 0 Å². The number of hydrogen-bond acceptors (Lipinski definition) is 7. The molecular weight excluding hydrogens is 444 g/mol. The van der Waals surface area contributed by atoms with Gasteiger partial charge in [0.2, 0.25) is 0 Å². The van der Waals surface area contributed by atoms with E-state index in [1.165, 1.54) is 13.3 Å². The van der Waals surface area contributed by atoms with Crippen molar-refractivity contribution in [2.75, 3.05) is 18.6 Å². The standard InChI is InChI=1S/C8H11BrN2O.C7H7BrN2O2/c1-8(2,12)7-6(10)3-5(9)4-11-7;1-12-7(11)6-5(9)2-4(8)3-10-6/h3-4,12H,10H2,1-2H3;2-3H,9H2,1H3. The summed E-state index contributed by atoms with van der Waals surface area (Å²) < 4.78 is 6.00. The minimum atomic E-state index is -0.981. The number of esters is 1. The predicted octanol–water partition coefficient (Wildman–Crippen LogP) is 2.87. The van der Waals surface area contributed by atoms with Crippen molar-refractivity contribution in [3.05, 3.63) is 44.9 Å². The van der Waals surface area contributed by atoms with Crippen molar-refractivity contribution < 1.29 is 14.6 Å². The molecule has 0 fully saturated rings. The van der Waals surface area contributed by atoms with Crippen LogP contribution in [0.2, 0.25) is 0 Å². The highest BCUT2D eigenvalue weighted by Crippen LogP contribution is 2.25. The second kappa shape index (κ2) is 8.41. The summed E-state index contributed by atoms with van der Waals surface area (Å²) in [6.07, 6.45) is 3.10. The van der Waals surface area contributed by atoms with Crippen LogP contribution in [-0.4, -0.2) is 28.2 Å². The Hall–Kier alpha value is -1.71. The zero-order valence-electron chi connectivity index (χ0n) is 13.4. The summed E-state index contributed by atoms with van der Waals surface area (Å²) in [6.45, 7) is 3.30. The molecule has 2 aromatic heterocycles. The van der Waals surface area contributed by atoms with E-state index in [1.54, 1.807) is 32.2 Å². The van der Waals surface area contributed by atoms with Crippen molar-refractivity contribution in [1.82, 2.24) is 9.97 Å². The lowest BCUT2D eigenvalue weighted by molar-refractivity contribution is 0.0595. The minimum Gasteiger partial charge on any atom is -0.464 e. The Kier molecular flexibility index (Phi) is 7.12. The molecule has 0 aliphatic heterocycles. The lowest BCUT2D eigenvalue weighted by Gasteiger charge is -2.18. The fourth-order valence-electron chi connectivity index (χ4n) is 1.69. The Balaban J connectivity index is 0.000000240. The first kappa shape index (κ1) is 20.3. The number of methoxy groups -OCH3 is 1. The molecular formula is C15H18Br2N4O3. The molecule has 9 heteroatoms. The molecule has 0 bridgehead atoms. The van der Waals surface area contributed by atoms with Gasteiger partial charge in [0, 0.05) is 21.3 Å². The summed E-state index contributed by atoms with van der Waals surface area (Å²) in [5, 5.41) is 9.60. The van der Waals surface area contributed by atoms with E-state index in [1.807, 2.05) is 0 Å². The second-order valence-corrected chi connectivity index (χ2v) is 7.06. The van der Waals surface area contributed by atoms with Crippen LogP contribution in [0.3, 0.4) is 0 Å². The maximum absolute atomic E-state index is 11.0. The first-order valence-electron chi connectivity index (χ1n) is 6.69. The van der Waals surface area contributed by atoms with Gasteiger partial charge in [0.05, 0.1) is 24.2 Å². The first-order chi connectivity index (χ1) is 11.1. The highest BCUT2D eigenvalue weighted by atomic mass is 79.9. The van der Waals surface area contributed by atoms with Gasteiger partial charge in [0.15, 0.2) is 5.69 Å². The number of aliphatic hydroxyl groups is 1. The number of rotatable bonds is 2. The number of hydrogen-bond donors (Lipinski definition) is 3. The molecule has 0 unspecified atom stereocenters. The molecule has 2 heterocycles. The molecule has 0 spiro atoms. The number of ether oxygens (including phenoxy) is 1. The number of aromatic nitrogens is 2. The second-order valence-electron chi connectivity index (χ2n) is 5.23. The van der Waals surface area contributed by atoms with E-state index in [9.17, 15) is 9.90 Å². The van der Waals surface area contributed by atoms with Crippen LogP contribution in [0, 0.1) is 0 Å². The topological polar surface area (TPSA) is 124 Å². The number of anilines is 2. The Morgan fingerprint density at radius 3 is 2.04 bits per heavy atom. The lowest BCUT2D eigenvalue weighted by atomic mass is 10.0. The summed E-state index contributed by atoms with van der Waals surface area (Å²) in [4.78, 5) is 18.8. The van der Waals surface area contributed by atoms with E-state index in [0.29, 0.717) is 17.1 Å². The molecule has 2 rings (SSSR count). The molecule has 0 saturated carbocycles. The van der Waals surface area contributed by atoms with Crippen molar-refractivity contribution >= 4 is 49.2 Å². The molecule has 0 radical (unpaired) electrons. The summed E-state index contributed by atoms with van der Waals surface area (Å²) in [5.41, 5.74) is 11.6. The van der Waals surface area contributed by atoms with E-state index in [-0.39, 0.29) is 5.69 Å². The quantitative estimate of drug-likeness (QED) is 0.587. The van der Waals surface area contributed by atoms with Crippen LogP contribution in [0.5, 0.6) is 0 Å². The van der Waals surface area contributed by atoms with E-state index in [2.05, 4.69) is 46.6 Å². The first-order valence-corrected chi connectivity index (χ1v) is 8.28. The maximum Gasteiger partial charge on any atom is 0.358 e. The monoisotopic (exact) mass is 460 g/mol. The Morgan fingerprint density at radius 1 is 1.12 bits per heavy atom. The maximum atomic E-state index is 11.0. The van der Waals surface area contributed by atoms with Crippen molar-refractivity contribution in [3.63, 3.8) is 0 Å². The fraction of sp³-hybridized carbons (Fsp3) is 0.267. The highest BCUT2D eigenvalue weighted by molar-refractivity contribution is 9.10. The molecule has 0 amide bonds. The molecule has 0 aliphatic carbocycles. The number of halogens is 2. The van der Waals surface area contributed by atoms with Crippen LogP contribution in [-0.2, 0) is 10.3 Å². The summed E-state index contributed by atoms with van der Waals surface area (Å²) in [5.74, 6) is -0.528.